The second kappa shape index (κ2) is 17.1. The Morgan fingerprint density at radius 3 is 2.43 bits per heavy atom. The molecule has 0 aromatic rings. The van der Waals surface area contributed by atoms with Crippen LogP contribution in [-0.4, -0.2) is 108 Å². The number of nitrogens with one attached hydrogen (secondary N) is 2. The van der Waals surface area contributed by atoms with Gasteiger partial charge in [-0.25, -0.2) is 0 Å². The quantitative estimate of drug-likeness (QED) is 0.142. The SMILES string of the molecule is CCCC1CCC2OC3C(C(O)CCCC3(O)C(C)(O)C3CCC4(O)C5=C(NCC(C)O)C(=O)C6CC(O)C(O)CC67CC(C6=CNC(N)C=C6)C=CC(CC34C3CCCC3)C57)C2CC1. The lowest BCUT2D eigenvalue weighted by molar-refractivity contribution is -0.265. The van der Waals surface area contributed by atoms with Crippen LogP contribution in [0.5, 0.6) is 0 Å². The van der Waals surface area contributed by atoms with E-state index >= 15 is 4.79 Å². The number of carbonyl (C=O) groups is 1. The number of rotatable bonds is 9. The van der Waals surface area contributed by atoms with Crippen molar-refractivity contribution in [3.05, 3.63) is 47.3 Å². The fourth-order valence-corrected chi connectivity index (χ4v) is 17.8. The lowest BCUT2D eigenvalue weighted by Crippen LogP contribution is -2.71. The standard InChI is InChI=1S/C53H81N3O9/c1-4-8-30-12-17-35-40(18-13-30)65-48-43(35)37(58)11-7-21-53(48,64)49(3,62)41-20-22-52(63)45-44-32(25-51(41,52)34-9-5-6-10-34)15-14-31(33-16-19-42(54)55-28-33)24-50(44)26-39(60)38(59)23-36(50)47(61)46(45)56-27-29(2)57/h14-16,19,28-32,34-44,48,55-60,62-64H,4-13,17-18,20-27,54H2,1-3H3. The molecule has 0 aromatic carbocycles. The van der Waals surface area contributed by atoms with Gasteiger partial charge >= 0.3 is 0 Å². The molecule has 0 amide bonds. The largest absolute Gasteiger partial charge is 0.393 e. The van der Waals surface area contributed by atoms with Gasteiger partial charge in [-0.2, -0.15) is 0 Å². The van der Waals surface area contributed by atoms with Crippen LogP contribution in [0, 0.1) is 64.1 Å². The topological polar surface area (TPSA) is 218 Å². The molecule has 8 aliphatic carbocycles. The fourth-order valence-electron chi connectivity index (χ4n) is 17.8. The van der Waals surface area contributed by atoms with Crippen molar-refractivity contribution in [3.63, 3.8) is 0 Å². The van der Waals surface area contributed by atoms with Crippen molar-refractivity contribution in [1.82, 2.24) is 10.6 Å². The molecular formula is C53H81N3O9. The Morgan fingerprint density at radius 2 is 1.71 bits per heavy atom. The third kappa shape index (κ3) is 7.01. The molecule has 0 bridgehead atoms. The molecule has 20 unspecified atom stereocenters. The molecule has 2 aliphatic heterocycles. The Hall–Kier alpha value is -2.13. The number of carbonyl (C=O) groups excluding carboxylic acids is 1. The van der Waals surface area contributed by atoms with Crippen molar-refractivity contribution in [1.29, 1.82) is 0 Å². The van der Waals surface area contributed by atoms with Crippen LogP contribution in [0.2, 0.25) is 0 Å². The second-order valence-electron chi connectivity index (χ2n) is 23.6. The number of hydrogen-bond donors (Lipinski definition) is 10. The van der Waals surface area contributed by atoms with Gasteiger partial charge in [-0.3, -0.25) is 4.79 Å². The molecule has 20 atom stereocenters. The van der Waals surface area contributed by atoms with Gasteiger partial charge in [0.1, 0.15) is 5.60 Å². The Labute approximate surface area is 386 Å². The number of aliphatic hydroxyl groups excluding tert-OH is 4. The van der Waals surface area contributed by atoms with Crippen molar-refractivity contribution in [2.75, 3.05) is 6.54 Å². The van der Waals surface area contributed by atoms with Crippen molar-refractivity contribution >= 4 is 5.78 Å². The minimum absolute atomic E-state index is 0.0236. The summed E-state index contributed by atoms with van der Waals surface area (Å²) in [5.41, 5.74) is 1.32. The number of Topliss-reactive ketones (excluding diaryl/α,β-unsaturated/α-hetero) is 1. The first-order valence-electron chi connectivity index (χ1n) is 26.2. The summed E-state index contributed by atoms with van der Waals surface area (Å²) in [6, 6.07) is 0. The molecule has 362 valence electrons. The Bertz CT molecular complexity index is 1940. The highest BCUT2D eigenvalue weighted by Gasteiger charge is 2.78. The summed E-state index contributed by atoms with van der Waals surface area (Å²) in [7, 11) is 0. The van der Waals surface area contributed by atoms with Crippen LogP contribution in [-0.2, 0) is 9.53 Å². The maximum atomic E-state index is 15.6. The molecule has 10 aliphatic rings. The number of ketones is 1. The van der Waals surface area contributed by atoms with Crippen molar-refractivity contribution < 1.29 is 45.3 Å². The molecule has 12 nitrogen and oxygen atoms in total. The van der Waals surface area contributed by atoms with Gasteiger partial charge < -0.3 is 56.8 Å². The maximum absolute atomic E-state index is 15.6. The average Bonchev–Trinajstić information content (AvgIpc) is 3.93. The minimum Gasteiger partial charge on any atom is -0.393 e. The normalized spacial score (nSPS) is 49.8. The molecule has 0 aromatic heterocycles. The highest BCUT2D eigenvalue weighted by atomic mass is 16.5. The van der Waals surface area contributed by atoms with Crippen molar-refractivity contribution in [3.8, 4) is 0 Å². The average molecular weight is 904 g/mol. The molecule has 1 spiro atoms. The van der Waals surface area contributed by atoms with Gasteiger partial charge in [0.2, 0.25) is 0 Å². The van der Waals surface area contributed by atoms with Crippen LogP contribution in [0.1, 0.15) is 143 Å². The smallest absolute Gasteiger partial charge is 0.182 e. The number of dihydropyridines is 1. The van der Waals surface area contributed by atoms with Crippen LogP contribution in [0.4, 0.5) is 0 Å². The zero-order valence-corrected chi connectivity index (χ0v) is 39.3. The Balaban J connectivity index is 1.14. The highest BCUT2D eigenvalue weighted by Crippen LogP contribution is 2.76. The zero-order chi connectivity index (χ0) is 45.8. The third-order valence-electron chi connectivity index (χ3n) is 20.5. The van der Waals surface area contributed by atoms with E-state index in [2.05, 4.69) is 29.7 Å². The number of aliphatic hydroxyl groups is 7. The Morgan fingerprint density at radius 1 is 0.938 bits per heavy atom. The zero-order valence-electron chi connectivity index (χ0n) is 39.3. The third-order valence-corrected chi connectivity index (χ3v) is 20.5. The fraction of sp³-hybridized carbons (Fsp3) is 0.830. The molecule has 6 saturated carbocycles. The molecular weight excluding hydrogens is 823 g/mol. The lowest BCUT2D eigenvalue weighted by Gasteiger charge is -2.66. The molecule has 11 N–H and O–H groups in total. The molecule has 2 heterocycles. The second-order valence-corrected chi connectivity index (χ2v) is 23.6. The van der Waals surface area contributed by atoms with E-state index in [9.17, 15) is 35.7 Å². The predicted molar refractivity (Wildman–Crippen MR) is 246 cm³/mol. The molecule has 10 rings (SSSR count). The van der Waals surface area contributed by atoms with Gasteiger partial charge in [0.05, 0.1) is 59.7 Å². The molecule has 7 fully saturated rings. The first kappa shape index (κ1) is 46.6. The van der Waals surface area contributed by atoms with E-state index in [0.29, 0.717) is 49.3 Å². The summed E-state index contributed by atoms with van der Waals surface area (Å²) < 4.78 is 7.11. The summed E-state index contributed by atoms with van der Waals surface area (Å²) in [4.78, 5) is 15.6. The maximum Gasteiger partial charge on any atom is 0.182 e. The number of ether oxygens (including phenoxy) is 1. The van der Waals surface area contributed by atoms with Gasteiger partial charge in [-0.05, 0) is 162 Å². The number of hydrogen-bond acceptors (Lipinski definition) is 12. The summed E-state index contributed by atoms with van der Waals surface area (Å²) in [6.45, 7) is 5.82. The van der Waals surface area contributed by atoms with E-state index < -0.39 is 70.0 Å². The van der Waals surface area contributed by atoms with Crippen LogP contribution in [0.25, 0.3) is 0 Å². The van der Waals surface area contributed by atoms with Gasteiger partial charge in [0, 0.05) is 35.9 Å². The van der Waals surface area contributed by atoms with E-state index in [-0.39, 0.29) is 85.8 Å². The monoisotopic (exact) mass is 904 g/mol. The minimum atomic E-state index is -1.76. The van der Waals surface area contributed by atoms with E-state index in [0.717, 1.165) is 63.4 Å². The van der Waals surface area contributed by atoms with Crippen LogP contribution in [0.3, 0.4) is 0 Å². The summed E-state index contributed by atoms with van der Waals surface area (Å²) in [5, 5.41) is 94.7. The first-order chi connectivity index (χ1) is 31.0. The summed E-state index contributed by atoms with van der Waals surface area (Å²) in [6.07, 6.45) is 19.0. The van der Waals surface area contributed by atoms with Crippen LogP contribution in [0.15, 0.2) is 47.3 Å². The first-order valence-corrected chi connectivity index (χ1v) is 26.2. The van der Waals surface area contributed by atoms with Gasteiger partial charge in [-0.15, -0.1) is 0 Å². The van der Waals surface area contributed by atoms with E-state index in [1.807, 2.05) is 25.3 Å². The molecule has 0 radical (unpaired) electrons. The van der Waals surface area contributed by atoms with Gasteiger partial charge in [-0.1, -0.05) is 57.3 Å². The Kier molecular flexibility index (Phi) is 12.2. The summed E-state index contributed by atoms with van der Waals surface area (Å²) >= 11 is 0. The predicted octanol–water partition coefficient (Wildman–Crippen LogP) is 4.79. The summed E-state index contributed by atoms with van der Waals surface area (Å²) in [5.74, 6) is -1.82. The van der Waals surface area contributed by atoms with E-state index in [1.54, 1.807) is 6.92 Å². The molecule has 12 heteroatoms. The number of fused-ring (bicyclic) bond motifs is 5. The van der Waals surface area contributed by atoms with Crippen molar-refractivity contribution in [2.45, 2.75) is 202 Å². The number of nitrogens with two attached hydrogens (primary N) is 1. The lowest BCUT2D eigenvalue weighted by atomic mass is 9.39. The van der Waals surface area contributed by atoms with Gasteiger partial charge in [0.15, 0.2) is 5.78 Å². The number of allylic oxidation sites excluding steroid dienone is 5. The molecule has 65 heavy (non-hydrogen) atoms. The van der Waals surface area contributed by atoms with Crippen LogP contribution >= 0.6 is 0 Å². The molecule has 1 saturated heterocycles. The van der Waals surface area contributed by atoms with Crippen LogP contribution < -0.4 is 16.4 Å². The van der Waals surface area contributed by atoms with E-state index in [4.69, 9.17) is 10.5 Å². The van der Waals surface area contributed by atoms with E-state index in [1.165, 1.54) is 6.42 Å². The van der Waals surface area contributed by atoms with Crippen molar-refractivity contribution in [2.24, 2.45) is 69.8 Å². The van der Waals surface area contributed by atoms with Gasteiger partial charge in [0.25, 0.3) is 0 Å². The highest BCUT2D eigenvalue weighted by molar-refractivity contribution is 6.00.